The van der Waals surface area contributed by atoms with Crippen molar-refractivity contribution in [3.63, 3.8) is 0 Å². The molecule has 0 N–H and O–H groups in total. The largest absolute Gasteiger partial charge is 0.462 e. The fourth-order valence-corrected chi connectivity index (χ4v) is 9.67. The standard InChI is InChI=1S/C74H128O6/c1-4-7-10-13-16-19-22-25-28-31-33-34-35-36-37-38-39-40-41-44-46-49-52-55-58-61-64-67-73(76)79-70-71(69-78-72(75)66-63-60-57-54-51-48-45-42-30-27-24-21-18-15-12-9-6-3)80-74(77)68-65-62-59-56-53-50-47-43-32-29-26-23-20-17-14-11-8-5-2/h9,12,18,20-23,25,27,29-33,45,48,71H,4-8,10-11,13-17,19,24,26,28,34-44,46-47,49-70H2,1-3H3/b12-9-,21-18-,23-20-,25-22-,30-27-,32-29-,33-31-,48-45-. The Kier molecular flexibility index (Phi) is 64.7. The molecule has 0 heterocycles. The van der Waals surface area contributed by atoms with Gasteiger partial charge in [-0.3, -0.25) is 14.4 Å². The molecule has 0 rings (SSSR count). The van der Waals surface area contributed by atoms with Crippen LogP contribution < -0.4 is 0 Å². The zero-order chi connectivity index (χ0) is 57.8. The third kappa shape index (κ3) is 65.1. The average molecular weight is 1110 g/mol. The van der Waals surface area contributed by atoms with Crippen LogP contribution in [0.3, 0.4) is 0 Å². The van der Waals surface area contributed by atoms with Crippen molar-refractivity contribution in [1.29, 1.82) is 0 Å². The van der Waals surface area contributed by atoms with Gasteiger partial charge in [-0.25, -0.2) is 0 Å². The highest BCUT2D eigenvalue weighted by Gasteiger charge is 2.19. The van der Waals surface area contributed by atoms with Gasteiger partial charge in [-0.15, -0.1) is 0 Å². The molecule has 460 valence electrons. The zero-order valence-electron chi connectivity index (χ0n) is 52.8. The van der Waals surface area contributed by atoms with E-state index in [1.54, 1.807) is 0 Å². The Morgan fingerprint density at radius 1 is 0.263 bits per heavy atom. The van der Waals surface area contributed by atoms with Gasteiger partial charge in [0.15, 0.2) is 6.10 Å². The number of allylic oxidation sites excluding steroid dienone is 16. The van der Waals surface area contributed by atoms with Crippen LogP contribution in [-0.4, -0.2) is 37.2 Å². The van der Waals surface area contributed by atoms with Crippen molar-refractivity contribution < 1.29 is 28.6 Å². The summed E-state index contributed by atoms with van der Waals surface area (Å²) in [5.74, 6) is -0.907. The van der Waals surface area contributed by atoms with Crippen molar-refractivity contribution in [3.8, 4) is 0 Å². The van der Waals surface area contributed by atoms with E-state index < -0.39 is 6.10 Å². The highest BCUT2D eigenvalue weighted by Crippen LogP contribution is 2.17. The van der Waals surface area contributed by atoms with E-state index in [0.29, 0.717) is 19.3 Å². The van der Waals surface area contributed by atoms with Crippen LogP contribution in [0.5, 0.6) is 0 Å². The van der Waals surface area contributed by atoms with E-state index in [1.165, 1.54) is 180 Å². The lowest BCUT2D eigenvalue weighted by atomic mass is 10.0. The van der Waals surface area contributed by atoms with Crippen molar-refractivity contribution in [2.45, 2.75) is 341 Å². The Morgan fingerprint density at radius 3 is 0.775 bits per heavy atom. The van der Waals surface area contributed by atoms with E-state index in [1.807, 2.05) is 0 Å². The molecule has 0 amide bonds. The Labute approximate surface area is 496 Å². The third-order valence-electron chi connectivity index (χ3n) is 14.8. The molecule has 6 nitrogen and oxygen atoms in total. The number of hydrogen-bond donors (Lipinski definition) is 0. The molecule has 0 fully saturated rings. The summed E-state index contributed by atoms with van der Waals surface area (Å²) in [6, 6.07) is 0. The molecule has 0 aromatic heterocycles. The van der Waals surface area contributed by atoms with Crippen LogP contribution in [0.4, 0.5) is 0 Å². The quantitative estimate of drug-likeness (QED) is 0.0261. The molecule has 0 spiro atoms. The monoisotopic (exact) mass is 1110 g/mol. The molecular weight excluding hydrogens is 985 g/mol. The molecule has 80 heavy (non-hydrogen) atoms. The van der Waals surface area contributed by atoms with E-state index in [4.69, 9.17) is 14.2 Å². The van der Waals surface area contributed by atoms with Gasteiger partial charge in [-0.2, -0.15) is 0 Å². The lowest BCUT2D eigenvalue weighted by molar-refractivity contribution is -0.167. The van der Waals surface area contributed by atoms with Crippen molar-refractivity contribution in [2.75, 3.05) is 13.2 Å². The maximum atomic E-state index is 12.9. The van der Waals surface area contributed by atoms with Gasteiger partial charge in [-0.1, -0.05) is 291 Å². The second-order valence-electron chi connectivity index (χ2n) is 22.7. The summed E-state index contributed by atoms with van der Waals surface area (Å²) < 4.78 is 17.0. The number of esters is 3. The lowest BCUT2D eigenvalue weighted by Gasteiger charge is -2.18. The number of ether oxygens (including phenoxy) is 3. The molecule has 0 aliphatic carbocycles. The minimum atomic E-state index is -0.794. The molecule has 0 saturated heterocycles. The highest BCUT2D eigenvalue weighted by molar-refractivity contribution is 5.71. The Bertz CT molecular complexity index is 1560. The third-order valence-corrected chi connectivity index (χ3v) is 14.8. The van der Waals surface area contributed by atoms with E-state index in [0.717, 1.165) is 116 Å². The lowest BCUT2D eigenvalue weighted by Crippen LogP contribution is -2.30. The normalized spacial score (nSPS) is 12.7. The first-order valence-electron chi connectivity index (χ1n) is 34.2. The smallest absolute Gasteiger partial charge is 0.306 e. The summed E-state index contributed by atoms with van der Waals surface area (Å²) in [6.45, 7) is 6.51. The van der Waals surface area contributed by atoms with Gasteiger partial charge in [0.2, 0.25) is 0 Å². The zero-order valence-corrected chi connectivity index (χ0v) is 52.8. The summed E-state index contributed by atoms with van der Waals surface area (Å²) in [4.78, 5) is 38.4. The van der Waals surface area contributed by atoms with Crippen molar-refractivity contribution in [2.24, 2.45) is 0 Å². The van der Waals surface area contributed by atoms with Crippen LogP contribution >= 0.6 is 0 Å². The fourth-order valence-electron chi connectivity index (χ4n) is 9.67. The van der Waals surface area contributed by atoms with Gasteiger partial charge in [0.05, 0.1) is 0 Å². The molecule has 0 bridgehead atoms. The predicted molar refractivity (Wildman–Crippen MR) is 348 cm³/mol. The Balaban J connectivity index is 4.34. The molecule has 0 radical (unpaired) electrons. The SMILES string of the molecule is CC/C=C\C/C=C\C/C=C\C/C=C\CCCCCCC(=O)OCC(COC(=O)CCCCCCCCCCCCCCCCC/C=C\C/C=C\CCCCCCC)OC(=O)CCCCCCCCC/C=C\C/C=C\CCCCCC. The molecule has 0 saturated carbocycles. The van der Waals surface area contributed by atoms with E-state index >= 15 is 0 Å². The summed E-state index contributed by atoms with van der Waals surface area (Å²) >= 11 is 0. The molecule has 1 atom stereocenters. The summed E-state index contributed by atoms with van der Waals surface area (Å²) in [5, 5.41) is 0. The van der Waals surface area contributed by atoms with Gasteiger partial charge in [0.1, 0.15) is 13.2 Å². The topological polar surface area (TPSA) is 78.9 Å². The maximum absolute atomic E-state index is 12.9. The minimum absolute atomic E-state index is 0.0875. The number of hydrogen-bond acceptors (Lipinski definition) is 6. The van der Waals surface area contributed by atoms with Crippen LogP contribution in [0.2, 0.25) is 0 Å². The van der Waals surface area contributed by atoms with Gasteiger partial charge in [0, 0.05) is 19.3 Å². The van der Waals surface area contributed by atoms with E-state index in [2.05, 4.69) is 118 Å². The number of carbonyl (C=O) groups is 3. The second kappa shape index (κ2) is 67.8. The summed E-state index contributed by atoms with van der Waals surface area (Å²) in [5.41, 5.74) is 0. The second-order valence-corrected chi connectivity index (χ2v) is 22.7. The van der Waals surface area contributed by atoms with Gasteiger partial charge in [-0.05, 0) is 122 Å². The Morgan fingerprint density at radius 2 is 0.487 bits per heavy atom. The first-order chi connectivity index (χ1) is 39.5. The molecule has 0 aliphatic rings. The Hall–Kier alpha value is -3.67. The maximum Gasteiger partial charge on any atom is 0.306 e. The van der Waals surface area contributed by atoms with Gasteiger partial charge >= 0.3 is 17.9 Å². The first kappa shape index (κ1) is 76.3. The van der Waals surface area contributed by atoms with E-state index in [9.17, 15) is 14.4 Å². The number of rotatable bonds is 62. The molecule has 0 aliphatic heterocycles. The van der Waals surface area contributed by atoms with E-state index in [-0.39, 0.29) is 31.1 Å². The molecule has 6 heteroatoms. The van der Waals surface area contributed by atoms with Gasteiger partial charge < -0.3 is 14.2 Å². The van der Waals surface area contributed by atoms with Crippen LogP contribution in [0.25, 0.3) is 0 Å². The van der Waals surface area contributed by atoms with Crippen LogP contribution in [0.1, 0.15) is 335 Å². The molecule has 0 aromatic carbocycles. The van der Waals surface area contributed by atoms with Crippen molar-refractivity contribution in [3.05, 3.63) is 97.2 Å². The summed E-state index contributed by atoms with van der Waals surface area (Å²) in [6.07, 6.45) is 91.4. The fraction of sp³-hybridized carbons (Fsp3) is 0.743. The minimum Gasteiger partial charge on any atom is -0.462 e. The number of unbranched alkanes of at least 4 members (excludes halogenated alkanes) is 35. The van der Waals surface area contributed by atoms with Gasteiger partial charge in [0.25, 0.3) is 0 Å². The van der Waals surface area contributed by atoms with Crippen molar-refractivity contribution in [1.82, 2.24) is 0 Å². The predicted octanol–water partition coefficient (Wildman–Crippen LogP) is 23.6. The first-order valence-corrected chi connectivity index (χ1v) is 34.2. The van der Waals surface area contributed by atoms with Crippen LogP contribution in [0.15, 0.2) is 97.2 Å². The highest BCUT2D eigenvalue weighted by atomic mass is 16.6. The van der Waals surface area contributed by atoms with Crippen molar-refractivity contribution >= 4 is 17.9 Å². The average Bonchev–Trinajstić information content (AvgIpc) is 3.46. The summed E-state index contributed by atoms with van der Waals surface area (Å²) in [7, 11) is 0. The molecular formula is C74H128O6. The molecule has 0 aromatic rings. The molecule has 1 unspecified atom stereocenters. The number of carbonyl (C=O) groups excluding carboxylic acids is 3. The van der Waals surface area contributed by atoms with Crippen LogP contribution in [-0.2, 0) is 28.6 Å². The van der Waals surface area contributed by atoms with Crippen LogP contribution in [0, 0.1) is 0 Å².